The molecule has 0 amide bonds. The zero-order valence-electron chi connectivity index (χ0n) is 9.43. The van der Waals surface area contributed by atoms with Crippen molar-refractivity contribution in [2.45, 2.75) is 38.1 Å². The van der Waals surface area contributed by atoms with Crippen molar-refractivity contribution in [3.63, 3.8) is 0 Å². The number of hydrogen-bond acceptors (Lipinski definition) is 3. The minimum atomic E-state index is 0.336. The van der Waals surface area contributed by atoms with Gasteiger partial charge in [0.25, 0.3) is 0 Å². The third-order valence-corrected chi connectivity index (χ3v) is 3.43. The molecule has 2 atom stereocenters. The fourth-order valence-corrected chi connectivity index (χ4v) is 2.54. The summed E-state index contributed by atoms with van der Waals surface area (Å²) in [7, 11) is 0. The largest absolute Gasteiger partial charge is 0.328 e. The summed E-state index contributed by atoms with van der Waals surface area (Å²) < 4.78 is 2.09. The molecule has 1 fully saturated rings. The molecular formula is C12H16N4. The standard InChI is InChI=1S/C12H16N4/c1-8-4-5-16-11(6-8)14-15-12(16)9-2-3-10(13)7-9/h4-6,9-10H,2-3,7,13H2,1H3/t9-,10+/m1/s1. The second-order valence-corrected chi connectivity index (χ2v) is 4.76. The van der Waals surface area contributed by atoms with Crippen molar-refractivity contribution in [2.24, 2.45) is 5.73 Å². The van der Waals surface area contributed by atoms with Gasteiger partial charge in [0.1, 0.15) is 5.82 Å². The molecule has 2 N–H and O–H groups in total. The van der Waals surface area contributed by atoms with E-state index in [1.807, 2.05) is 0 Å². The SMILES string of the molecule is Cc1ccn2c([C@@H]3CC[C@H](N)C3)nnc2c1. The van der Waals surface area contributed by atoms with E-state index in [9.17, 15) is 0 Å². The lowest BCUT2D eigenvalue weighted by Crippen LogP contribution is -2.14. The number of nitrogens with two attached hydrogens (primary N) is 1. The molecule has 3 rings (SSSR count). The van der Waals surface area contributed by atoms with Gasteiger partial charge >= 0.3 is 0 Å². The maximum absolute atomic E-state index is 5.94. The number of nitrogens with zero attached hydrogens (tertiary/aromatic N) is 3. The van der Waals surface area contributed by atoms with Gasteiger partial charge in [-0.25, -0.2) is 0 Å². The molecule has 2 aromatic heterocycles. The number of hydrogen-bond donors (Lipinski definition) is 1. The van der Waals surface area contributed by atoms with E-state index in [1.165, 1.54) is 5.56 Å². The molecular weight excluding hydrogens is 200 g/mol. The van der Waals surface area contributed by atoms with Gasteiger partial charge in [0.05, 0.1) is 0 Å². The Morgan fingerprint density at radius 1 is 1.38 bits per heavy atom. The molecule has 1 aliphatic rings. The van der Waals surface area contributed by atoms with Crippen molar-refractivity contribution in [3.8, 4) is 0 Å². The predicted octanol–water partition coefficient (Wildman–Crippen LogP) is 1.63. The molecule has 2 heterocycles. The molecule has 0 saturated heterocycles. The summed E-state index contributed by atoms with van der Waals surface area (Å²) in [6.45, 7) is 2.07. The van der Waals surface area contributed by atoms with Gasteiger partial charge < -0.3 is 5.73 Å². The van der Waals surface area contributed by atoms with E-state index in [-0.39, 0.29) is 0 Å². The van der Waals surface area contributed by atoms with Gasteiger partial charge in [-0.3, -0.25) is 4.40 Å². The Labute approximate surface area is 94.5 Å². The fraction of sp³-hybridized carbons (Fsp3) is 0.500. The van der Waals surface area contributed by atoms with Crippen molar-refractivity contribution in [1.29, 1.82) is 0 Å². The average Bonchev–Trinajstić information content (AvgIpc) is 2.83. The Morgan fingerprint density at radius 2 is 2.25 bits per heavy atom. The van der Waals surface area contributed by atoms with E-state index in [0.717, 1.165) is 30.7 Å². The van der Waals surface area contributed by atoms with Crippen LogP contribution < -0.4 is 5.73 Å². The van der Waals surface area contributed by atoms with Crippen LogP contribution in [0.2, 0.25) is 0 Å². The summed E-state index contributed by atoms with van der Waals surface area (Å²) in [6.07, 6.45) is 5.33. The Bertz CT molecular complexity index is 517. The van der Waals surface area contributed by atoms with E-state index in [0.29, 0.717) is 12.0 Å². The minimum Gasteiger partial charge on any atom is -0.328 e. The zero-order chi connectivity index (χ0) is 11.1. The molecule has 0 unspecified atom stereocenters. The van der Waals surface area contributed by atoms with Crippen molar-refractivity contribution >= 4 is 5.65 Å². The highest BCUT2D eigenvalue weighted by Crippen LogP contribution is 2.32. The normalized spacial score (nSPS) is 25.4. The summed E-state index contributed by atoms with van der Waals surface area (Å²) >= 11 is 0. The van der Waals surface area contributed by atoms with Gasteiger partial charge in [0.2, 0.25) is 0 Å². The Kier molecular flexibility index (Phi) is 2.17. The second kappa shape index (κ2) is 3.56. The third-order valence-electron chi connectivity index (χ3n) is 3.43. The summed E-state index contributed by atoms with van der Waals surface area (Å²) in [6, 6.07) is 4.49. The highest BCUT2D eigenvalue weighted by atomic mass is 15.2. The van der Waals surface area contributed by atoms with Gasteiger partial charge in [-0.05, 0) is 43.9 Å². The molecule has 0 spiro atoms. The minimum absolute atomic E-state index is 0.336. The lowest BCUT2D eigenvalue weighted by Gasteiger charge is -2.07. The van der Waals surface area contributed by atoms with Crippen LogP contribution in [-0.4, -0.2) is 20.6 Å². The van der Waals surface area contributed by atoms with Crippen LogP contribution in [-0.2, 0) is 0 Å². The summed E-state index contributed by atoms with van der Waals surface area (Å²) in [4.78, 5) is 0. The number of aromatic nitrogens is 3. The van der Waals surface area contributed by atoms with Crippen molar-refractivity contribution in [3.05, 3.63) is 29.7 Å². The first-order valence-electron chi connectivity index (χ1n) is 5.81. The molecule has 1 saturated carbocycles. The van der Waals surface area contributed by atoms with E-state index < -0.39 is 0 Å². The third kappa shape index (κ3) is 1.50. The first-order chi connectivity index (χ1) is 7.74. The number of aryl methyl sites for hydroxylation is 1. The van der Waals surface area contributed by atoms with Crippen LogP contribution in [0.3, 0.4) is 0 Å². The molecule has 0 aliphatic heterocycles. The number of rotatable bonds is 1. The van der Waals surface area contributed by atoms with E-state index in [2.05, 4.69) is 39.9 Å². The van der Waals surface area contributed by atoms with Crippen molar-refractivity contribution in [2.75, 3.05) is 0 Å². The Hall–Kier alpha value is -1.42. The Morgan fingerprint density at radius 3 is 3.00 bits per heavy atom. The average molecular weight is 216 g/mol. The van der Waals surface area contributed by atoms with Crippen molar-refractivity contribution < 1.29 is 0 Å². The maximum atomic E-state index is 5.94. The lowest BCUT2D eigenvalue weighted by molar-refractivity contribution is 0.636. The van der Waals surface area contributed by atoms with Crippen LogP contribution in [0.15, 0.2) is 18.3 Å². The molecule has 16 heavy (non-hydrogen) atoms. The summed E-state index contributed by atoms with van der Waals surface area (Å²) in [5.74, 6) is 1.55. The predicted molar refractivity (Wildman–Crippen MR) is 62.3 cm³/mol. The van der Waals surface area contributed by atoms with Crippen molar-refractivity contribution in [1.82, 2.24) is 14.6 Å². The molecule has 1 aliphatic carbocycles. The fourth-order valence-electron chi connectivity index (χ4n) is 2.54. The molecule has 0 bridgehead atoms. The van der Waals surface area contributed by atoms with Gasteiger partial charge in [-0.2, -0.15) is 0 Å². The summed E-state index contributed by atoms with van der Waals surface area (Å²) in [5.41, 5.74) is 8.10. The molecule has 0 aromatic carbocycles. The molecule has 4 heteroatoms. The van der Waals surface area contributed by atoms with Gasteiger partial charge in [-0.1, -0.05) is 0 Å². The monoisotopic (exact) mass is 216 g/mol. The quantitative estimate of drug-likeness (QED) is 0.788. The molecule has 2 aromatic rings. The molecule has 0 radical (unpaired) electrons. The van der Waals surface area contributed by atoms with E-state index >= 15 is 0 Å². The molecule has 4 nitrogen and oxygen atoms in total. The van der Waals surface area contributed by atoms with E-state index in [4.69, 9.17) is 5.73 Å². The first kappa shape index (κ1) is 9.78. The highest BCUT2D eigenvalue weighted by Gasteiger charge is 2.26. The summed E-state index contributed by atoms with van der Waals surface area (Å²) in [5, 5.41) is 8.53. The zero-order valence-corrected chi connectivity index (χ0v) is 9.43. The number of fused-ring (bicyclic) bond motifs is 1. The van der Waals surface area contributed by atoms with Crippen LogP contribution in [0, 0.1) is 6.92 Å². The van der Waals surface area contributed by atoms with E-state index in [1.54, 1.807) is 0 Å². The Balaban J connectivity index is 2.04. The highest BCUT2D eigenvalue weighted by molar-refractivity contribution is 5.41. The van der Waals surface area contributed by atoms with Gasteiger partial charge in [-0.15, -0.1) is 10.2 Å². The van der Waals surface area contributed by atoms with Crippen LogP contribution in [0.4, 0.5) is 0 Å². The first-order valence-corrected chi connectivity index (χ1v) is 5.81. The van der Waals surface area contributed by atoms with Crippen LogP contribution in [0.1, 0.15) is 36.6 Å². The van der Waals surface area contributed by atoms with Crippen LogP contribution >= 0.6 is 0 Å². The number of pyridine rings is 1. The topological polar surface area (TPSA) is 56.2 Å². The molecule has 84 valence electrons. The van der Waals surface area contributed by atoms with Crippen LogP contribution in [0.25, 0.3) is 5.65 Å². The van der Waals surface area contributed by atoms with Gasteiger partial charge in [0, 0.05) is 18.2 Å². The van der Waals surface area contributed by atoms with Crippen LogP contribution in [0.5, 0.6) is 0 Å². The lowest BCUT2D eigenvalue weighted by atomic mass is 10.1. The second-order valence-electron chi connectivity index (χ2n) is 4.76. The smallest absolute Gasteiger partial charge is 0.161 e. The maximum Gasteiger partial charge on any atom is 0.161 e. The van der Waals surface area contributed by atoms with Gasteiger partial charge in [0.15, 0.2) is 5.65 Å².